The number of fused-ring (bicyclic) bond motifs is 1. The standard InChI is InChI=1S/C18H19ClN2O2/c1-11-8-13(22)9-15(19)14(11)10-16(20)18(23)21-7-6-12-4-2-3-5-17(12)21/h2-5,8-9,16,22H,6-7,10,20H2,1H3. The number of hydrogen-bond donors (Lipinski definition) is 2. The molecule has 23 heavy (non-hydrogen) atoms. The van der Waals surface area contributed by atoms with E-state index in [0.29, 0.717) is 18.0 Å². The molecule has 2 aromatic carbocycles. The molecule has 0 spiro atoms. The van der Waals surface area contributed by atoms with Crippen molar-refractivity contribution in [3.8, 4) is 5.75 Å². The molecule has 1 atom stereocenters. The fourth-order valence-corrected chi connectivity index (χ4v) is 3.43. The summed E-state index contributed by atoms with van der Waals surface area (Å²) >= 11 is 6.18. The molecule has 0 saturated heterocycles. The summed E-state index contributed by atoms with van der Waals surface area (Å²) < 4.78 is 0. The van der Waals surface area contributed by atoms with Crippen molar-refractivity contribution < 1.29 is 9.90 Å². The lowest BCUT2D eigenvalue weighted by atomic mass is 10.00. The van der Waals surface area contributed by atoms with Gasteiger partial charge in [-0.3, -0.25) is 4.79 Å². The van der Waals surface area contributed by atoms with Gasteiger partial charge in [0.2, 0.25) is 5.91 Å². The summed E-state index contributed by atoms with van der Waals surface area (Å²) in [5, 5.41) is 9.99. The molecule has 1 unspecified atom stereocenters. The Labute approximate surface area is 140 Å². The van der Waals surface area contributed by atoms with Gasteiger partial charge in [0.1, 0.15) is 5.75 Å². The van der Waals surface area contributed by atoms with Gasteiger partial charge in [-0.15, -0.1) is 0 Å². The Morgan fingerprint density at radius 3 is 2.87 bits per heavy atom. The molecule has 5 heteroatoms. The van der Waals surface area contributed by atoms with Gasteiger partial charge >= 0.3 is 0 Å². The van der Waals surface area contributed by atoms with E-state index in [4.69, 9.17) is 17.3 Å². The van der Waals surface area contributed by atoms with Crippen LogP contribution in [0.3, 0.4) is 0 Å². The number of halogens is 1. The molecule has 0 saturated carbocycles. The number of rotatable bonds is 3. The zero-order valence-corrected chi connectivity index (χ0v) is 13.7. The van der Waals surface area contributed by atoms with Crippen LogP contribution in [0.1, 0.15) is 16.7 Å². The number of carbonyl (C=O) groups excluding carboxylic acids is 1. The maximum absolute atomic E-state index is 12.7. The lowest BCUT2D eigenvalue weighted by Crippen LogP contribution is -2.44. The van der Waals surface area contributed by atoms with E-state index in [0.717, 1.165) is 23.2 Å². The average molecular weight is 331 g/mol. The van der Waals surface area contributed by atoms with Crippen molar-refractivity contribution in [1.29, 1.82) is 0 Å². The van der Waals surface area contributed by atoms with E-state index in [1.807, 2.05) is 31.2 Å². The van der Waals surface area contributed by atoms with Gasteiger partial charge in [0.15, 0.2) is 0 Å². The molecule has 3 rings (SSSR count). The van der Waals surface area contributed by atoms with Crippen molar-refractivity contribution in [3.63, 3.8) is 0 Å². The van der Waals surface area contributed by atoms with Gasteiger partial charge in [-0.25, -0.2) is 0 Å². The first kappa shape index (κ1) is 15.8. The molecule has 1 heterocycles. The highest BCUT2D eigenvalue weighted by Gasteiger charge is 2.28. The van der Waals surface area contributed by atoms with Crippen LogP contribution in [0.25, 0.3) is 0 Å². The third-order valence-corrected chi connectivity index (χ3v) is 4.63. The summed E-state index contributed by atoms with van der Waals surface area (Å²) in [4.78, 5) is 14.5. The molecule has 1 aliphatic heterocycles. The zero-order chi connectivity index (χ0) is 16.6. The topological polar surface area (TPSA) is 66.6 Å². The lowest BCUT2D eigenvalue weighted by molar-refractivity contribution is -0.119. The molecule has 0 radical (unpaired) electrons. The maximum atomic E-state index is 12.7. The van der Waals surface area contributed by atoms with E-state index in [9.17, 15) is 9.90 Å². The van der Waals surface area contributed by atoms with Crippen molar-refractivity contribution in [2.24, 2.45) is 5.73 Å². The number of anilines is 1. The summed E-state index contributed by atoms with van der Waals surface area (Å²) in [6.45, 7) is 2.51. The quantitative estimate of drug-likeness (QED) is 0.909. The van der Waals surface area contributed by atoms with Gasteiger partial charge in [-0.1, -0.05) is 29.8 Å². The predicted molar refractivity (Wildman–Crippen MR) is 92.0 cm³/mol. The average Bonchev–Trinajstić information content (AvgIpc) is 2.93. The van der Waals surface area contributed by atoms with Crippen LogP contribution in [-0.2, 0) is 17.6 Å². The molecular weight excluding hydrogens is 312 g/mol. The fourth-order valence-electron chi connectivity index (χ4n) is 3.09. The Hall–Kier alpha value is -2.04. The van der Waals surface area contributed by atoms with Crippen LogP contribution in [0.2, 0.25) is 5.02 Å². The molecular formula is C18H19ClN2O2. The number of nitrogens with two attached hydrogens (primary N) is 1. The molecule has 0 bridgehead atoms. The number of nitrogens with zero attached hydrogens (tertiary/aromatic N) is 1. The maximum Gasteiger partial charge on any atom is 0.244 e. The van der Waals surface area contributed by atoms with E-state index in [-0.39, 0.29) is 11.7 Å². The second kappa shape index (κ2) is 6.22. The highest BCUT2D eigenvalue weighted by Crippen LogP contribution is 2.30. The summed E-state index contributed by atoms with van der Waals surface area (Å²) in [6.07, 6.45) is 1.20. The van der Waals surface area contributed by atoms with Crippen molar-refractivity contribution in [3.05, 3.63) is 58.1 Å². The van der Waals surface area contributed by atoms with Gasteiger partial charge in [-0.05, 0) is 54.7 Å². The number of aromatic hydroxyl groups is 1. The van der Waals surface area contributed by atoms with E-state index < -0.39 is 6.04 Å². The first-order valence-electron chi connectivity index (χ1n) is 7.60. The fraction of sp³-hybridized carbons (Fsp3) is 0.278. The second-order valence-corrected chi connectivity index (χ2v) is 6.31. The Bertz CT molecular complexity index is 737. The third kappa shape index (κ3) is 3.05. The highest BCUT2D eigenvalue weighted by molar-refractivity contribution is 6.31. The van der Waals surface area contributed by atoms with Crippen LogP contribution in [0.15, 0.2) is 36.4 Å². The summed E-state index contributed by atoms with van der Waals surface area (Å²) in [7, 11) is 0. The number of carbonyl (C=O) groups is 1. The van der Waals surface area contributed by atoms with Gasteiger partial charge < -0.3 is 15.7 Å². The Morgan fingerprint density at radius 1 is 1.39 bits per heavy atom. The van der Waals surface area contributed by atoms with Crippen LogP contribution in [-0.4, -0.2) is 23.6 Å². The second-order valence-electron chi connectivity index (χ2n) is 5.90. The SMILES string of the molecule is Cc1cc(O)cc(Cl)c1CC(N)C(=O)N1CCc2ccccc21. The number of phenols is 1. The molecule has 4 nitrogen and oxygen atoms in total. The van der Waals surface area contributed by atoms with E-state index in [1.54, 1.807) is 11.0 Å². The van der Waals surface area contributed by atoms with E-state index >= 15 is 0 Å². The first-order chi connectivity index (χ1) is 11.0. The minimum absolute atomic E-state index is 0.0986. The number of aryl methyl sites for hydroxylation is 1. The molecule has 1 amide bonds. The molecule has 0 aromatic heterocycles. The largest absolute Gasteiger partial charge is 0.508 e. The van der Waals surface area contributed by atoms with Crippen LogP contribution in [0.5, 0.6) is 5.75 Å². The lowest BCUT2D eigenvalue weighted by Gasteiger charge is -2.22. The molecule has 3 N–H and O–H groups in total. The Morgan fingerprint density at radius 2 is 2.13 bits per heavy atom. The highest BCUT2D eigenvalue weighted by atomic mass is 35.5. The molecule has 0 fully saturated rings. The molecule has 2 aromatic rings. The van der Waals surface area contributed by atoms with Crippen LogP contribution < -0.4 is 10.6 Å². The number of hydrogen-bond acceptors (Lipinski definition) is 3. The third-order valence-electron chi connectivity index (χ3n) is 4.30. The molecule has 1 aliphatic rings. The van der Waals surface area contributed by atoms with Crippen molar-refractivity contribution in [1.82, 2.24) is 0 Å². The van der Waals surface area contributed by atoms with Gasteiger partial charge in [0.25, 0.3) is 0 Å². The van der Waals surface area contributed by atoms with E-state index in [2.05, 4.69) is 0 Å². The van der Waals surface area contributed by atoms with Crippen molar-refractivity contribution >= 4 is 23.2 Å². The number of phenolic OH excluding ortho intramolecular Hbond substituents is 1. The van der Waals surface area contributed by atoms with Gasteiger partial charge in [0, 0.05) is 17.3 Å². The normalized spacial score (nSPS) is 14.7. The number of amides is 1. The van der Waals surface area contributed by atoms with E-state index in [1.165, 1.54) is 11.6 Å². The monoisotopic (exact) mass is 330 g/mol. The first-order valence-corrected chi connectivity index (χ1v) is 7.98. The van der Waals surface area contributed by atoms with Gasteiger partial charge in [0.05, 0.1) is 6.04 Å². The molecule has 0 aliphatic carbocycles. The van der Waals surface area contributed by atoms with Crippen molar-refractivity contribution in [2.45, 2.75) is 25.8 Å². The minimum atomic E-state index is -0.665. The minimum Gasteiger partial charge on any atom is -0.508 e. The summed E-state index contributed by atoms with van der Waals surface area (Å²) in [5.41, 5.74) is 9.91. The summed E-state index contributed by atoms with van der Waals surface area (Å²) in [6, 6.07) is 10.3. The van der Waals surface area contributed by atoms with Crippen molar-refractivity contribution in [2.75, 3.05) is 11.4 Å². The van der Waals surface area contributed by atoms with Gasteiger partial charge in [-0.2, -0.15) is 0 Å². The van der Waals surface area contributed by atoms with Crippen LogP contribution in [0, 0.1) is 6.92 Å². The Balaban J connectivity index is 1.80. The smallest absolute Gasteiger partial charge is 0.244 e. The number of para-hydroxylation sites is 1. The van der Waals surface area contributed by atoms with Crippen LogP contribution >= 0.6 is 11.6 Å². The molecule has 120 valence electrons. The number of benzene rings is 2. The zero-order valence-electron chi connectivity index (χ0n) is 12.9. The van der Waals surface area contributed by atoms with Crippen LogP contribution in [0.4, 0.5) is 5.69 Å². The Kier molecular flexibility index (Phi) is 4.28. The predicted octanol–water partition coefficient (Wildman–Crippen LogP) is 2.81. The summed E-state index contributed by atoms with van der Waals surface area (Å²) in [5.74, 6) is 0.0168.